The van der Waals surface area contributed by atoms with Crippen molar-refractivity contribution in [2.45, 2.75) is 69.5 Å². The van der Waals surface area contributed by atoms with Crippen molar-refractivity contribution in [3.8, 4) is 6.07 Å². The normalized spacial score (nSPS) is 27.1. The van der Waals surface area contributed by atoms with Crippen LogP contribution in [0.25, 0.3) is 0 Å². The van der Waals surface area contributed by atoms with Gasteiger partial charge in [-0.15, -0.1) is 0 Å². The Balaban J connectivity index is 1.21. The topological polar surface area (TPSA) is 59.3 Å². The number of fused-ring (bicyclic) bond motifs is 3. The van der Waals surface area contributed by atoms with Gasteiger partial charge in [0.15, 0.2) is 6.10 Å². The highest BCUT2D eigenvalue weighted by Gasteiger charge is 2.50. The second-order valence-electron chi connectivity index (χ2n) is 11.2. The van der Waals surface area contributed by atoms with Crippen LogP contribution in [0.1, 0.15) is 68.1 Å². The summed E-state index contributed by atoms with van der Waals surface area (Å²) in [5.41, 5.74) is 2.41. The fourth-order valence-electron chi connectivity index (χ4n) is 6.74. The fourth-order valence-corrected chi connectivity index (χ4v) is 6.74. The van der Waals surface area contributed by atoms with Gasteiger partial charge in [-0.25, -0.2) is 0 Å². The molecule has 6 rings (SSSR count). The lowest BCUT2D eigenvalue weighted by Crippen LogP contribution is -2.65. The molecule has 5 nitrogen and oxygen atoms in total. The Morgan fingerprint density at radius 1 is 0.972 bits per heavy atom. The standard InChI is InChI=1S/C31H39N2O3/c32-22-25-10-12-26(13-11-25)24-35-21-20-33-18-14-27(15-19-33)29(23-33)36-30(34)31(16-6-1-2-7-17-31)28-8-4-3-5-9-28/h3-5,8-13,27,29H,1-2,6-7,14-21,23-24H2/q+1. The van der Waals surface area contributed by atoms with Crippen LogP contribution in [-0.4, -0.2) is 49.3 Å². The lowest BCUT2D eigenvalue weighted by Gasteiger charge is -2.52. The number of carbonyl (C=O) groups is 1. The third-order valence-corrected chi connectivity index (χ3v) is 9.04. The third kappa shape index (κ3) is 5.36. The van der Waals surface area contributed by atoms with Crippen LogP contribution in [0.2, 0.25) is 0 Å². The van der Waals surface area contributed by atoms with Crippen LogP contribution in [-0.2, 0) is 26.3 Å². The van der Waals surface area contributed by atoms with Gasteiger partial charge in [0.1, 0.15) is 13.1 Å². The molecular formula is C31H39N2O3+. The number of nitriles is 1. The summed E-state index contributed by atoms with van der Waals surface area (Å²) in [6.45, 7) is 5.44. The molecule has 4 fully saturated rings. The first-order chi connectivity index (χ1) is 17.6. The molecule has 190 valence electrons. The second-order valence-corrected chi connectivity index (χ2v) is 11.2. The average molecular weight is 488 g/mol. The van der Waals surface area contributed by atoms with Gasteiger partial charge in [-0.2, -0.15) is 5.26 Å². The molecule has 1 aliphatic carbocycles. The van der Waals surface area contributed by atoms with E-state index in [1.54, 1.807) is 0 Å². The Bertz CT molecular complexity index is 1040. The monoisotopic (exact) mass is 487 g/mol. The molecule has 3 aliphatic heterocycles. The minimum Gasteiger partial charge on any atom is -0.455 e. The molecule has 2 aromatic carbocycles. The first kappa shape index (κ1) is 25.0. The zero-order chi connectivity index (χ0) is 24.8. The second kappa shape index (κ2) is 11.2. The zero-order valence-corrected chi connectivity index (χ0v) is 21.4. The molecule has 5 heteroatoms. The van der Waals surface area contributed by atoms with Gasteiger partial charge >= 0.3 is 5.97 Å². The van der Waals surface area contributed by atoms with Crippen molar-refractivity contribution in [3.63, 3.8) is 0 Å². The number of rotatable bonds is 8. The van der Waals surface area contributed by atoms with Crippen molar-refractivity contribution in [2.24, 2.45) is 5.92 Å². The predicted octanol–water partition coefficient (Wildman–Crippen LogP) is 5.52. The maximum atomic E-state index is 13.9. The summed E-state index contributed by atoms with van der Waals surface area (Å²) >= 11 is 0. The lowest BCUT2D eigenvalue weighted by atomic mass is 9.74. The molecule has 1 saturated carbocycles. The zero-order valence-electron chi connectivity index (χ0n) is 21.4. The number of quaternary nitrogens is 1. The Labute approximate surface area is 215 Å². The molecule has 1 unspecified atom stereocenters. The molecule has 0 N–H and O–H groups in total. The number of carbonyl (C=O) groups excluding carboxylic acids is 1. The maximum Gasteiger partial charge on any atom is 0.317 e. The highest BCUT2D eigenvalue weighted by Crippen LogP contribution is 2.42. The summed E-state index contributed by atoms with van der Waals surface area (Å²) in [6, 6.07) is 20.2. The minimum absolute atomic E-state index is 0.0161. The number of hydrogen-bond donors (Lipinski definition) is 0. The van der Waals surface area contributed by atoms with Crippen molar-refractivity contribution in [2.75, 3.05) is 32.8 Å². The Morgan fingerprint density at radius 3 is 2.33 bits per heavy atom. The summed E-state index contributed by atoms with van der Waals surface area (Å²) in [6.07, 6.45) is 8.67. The maximum absolute atomic E-state index is 13.9. The van der Waals surface area contributed by atoms with Crippen molar-refractivity contribution >= 4 is 5.97 Å². The Hall–Kier alpha value is -2.68. The van der Waals surface area contributed by atoms with Crippen LogP contribution in [0.15, 0.2) is 54.6 Å². The van der Waals surface area contributed by atoms with E-state index in [1.165, 1.54) is 12.8 Å². The molecule has 36 heavy (non-hydrogen) atoms. The van der Waals surface area contributed by atoms with E-state index in [1.807, 2.05) is 30.3 Å². The van der Waals surface area contributed by atoms with Gasteiger partial charge in [-0.05, 0) is 36.1 Å². The number of benzene rings is 2. The van der Waals surface area contributed by atoms with Gasteiger partial charge in [0.05, 0.1) is 43.4 Å². The van der Waals surface area contributed by atoms with Crippen LogP contribution in [0, 0.1) is 17.2 Å². The number of hydrogen-bond acceptors (Lipinski definition) is 4. The van der Waals surface area contributed by atoms with E-state index in [9.17, 15) is 4.79 Å². The SMILES string of the molecule is N#Cc1ccc(COCC[N+]23CCC(CC2)C(OC(=O)C2(c4ccccc4)CCCCCC2)C3)cc1. The number of ether oxygens (including phenoxy) is 2. The first-order valence-corrected chi connectivity index (χ1v) is 13.8. The molecule has 3 saturated heterocycles. The highest BCUT2D eigenvalue weighted by molar-refractivity contribution is 5.83. The summed E-state index contributed by atoms with van der Waals surface area (Å²) in [4.78, 5) is 13.9. The van der Waals surface area contributed by atoms with Crippen molar-refractivity contribution in [1.29, 1.82) is 5.26 Å². The quantitative estimate of drug-likeness (QED) is 0.213. The van der Waals surface area contributed by atoms with Gasteiger partial charge in [-0.3, -0.25) is 4.79 Å². The average Bonchev–Trinajstić information content (AvgIpc) is 3.20. The van der Waals surface area contributed by atoms with E-state index in [-0.39, 0.29) is 12.1 Å². The van der Waals surface area contributed by atoms with Crippen LogP contribution < -0.4 is 0 Å². The molecule has 2 aromatic rings. The van der Waals surface area contributed by atoms with Crippen LogP contribution >= 0.6 is 0 Å². The largest absolute Gasteiger partial charge is 0.455 e. The van der Waals surface area contributed by atoms with E-state index in [4.69, 9.17) is 14.7 Å². The molecular weight excluding hydrogens is 448 g/mol. The van der Waals surface area contributed by atoms with Gasteiger partial charge < -0.3 is 14.0 Å². The van der Waals surface area contributed by atoms with Gasteiger partial charge in [0.25, 0.3) is 0 Å². The smallest absolute Gasteiger partial charge is 0.317 e. The number of esters is 1. The van der Waals surface area contributed by atoms with Gasteiger partial charge in [0.2, 0.25) is 0 Å². The van der Waals surface area contributed by atoms with Crippen molar-refractivity contribution in [1.82, 2.24) is 0 Å². The Kier molecular flexibility index (Phi) is 7.74. The molecule has 0 amide bonds. The third-order valence-electron chi connectivity index (χ3n) is 9.04. The van der Waals surface area contributed by atoms with Crippen LogP contribution in [0.5, 0.6) is 0 Å². The first-order valence-electron chi connectivity index (χ1n) is 13.8. The predicted molar refractivity (Wildman–Crippen MR) is 139 cm³/mol. The van der Waals surface area contributed by atoms with E-state index >= 15 is 0 Å². The lowest BCUT2D eigenvalue weighted by molar-refractivity contribution is -0.946. The molecule has 0 radical (unpaired) electrons. The molecule has 0 spiro atoms. The van der Waals surface area contributed by atoms with Gasteiger partial charge in [-0.1, -0.05) is 68.1 Å². The van der Waals surface area contributed by atoms with E-state index in [0.717, 1.165) is 80.3 Å². The summed E-state index contributed by atoms with van der Waals surface area (Å²) in [7, 11) is 0. The number of piperidine rings is 3. The van der Waals surface area contributed by atoms with E-state index in [0.29, 0.717) is 24.7 Å². The molecule has 3 heterocycles. The summed E-state index contributed by atoms with van der Waals surface area (Å²) in [5, 5.41) is 8.97. The Morgan fingerprint density at radius 2 is 1.67 bits per heavy atom. The number of nitrogens with zero attached hydrogens (tertiary/aromatic N) is 2. The van der Waals surface area contributed by atoms with E-state index < -0.39 is 5.41 Å². The summed E-state index contributed by atoms with van der Waals surface area (Å²) in [5.74, 6) is 0.511. The molecule has 0 aromatic heterocycles. The van der Waals surface area contributed by atoms with Crippen molar-refractivity contribution in [3.05, 3.63) is 71.3 Å². The molecule has 4 aliphatic rings. The van der Waals surface area contributed by atoms with E-state index in [2.05, 4.69) is 30.3 Å². The summed E-state index contributed by atoms with van der Waals surface area (Å²) < 4.78 is 13.5. The highest BCUT2D eigenvalue weighted by atomic mass is 16.5. The molecule has 1 atom stereocenters. The van der Waals surface area contributed by atoms with Crippen LogP contribution in [0.4, 0.5) is 0 Å². The van der Waals surface area contributed by atoms with Crippen LogP contribution in [0.3, 0.4) is 0 Å². The van der Waals surface area contributed by atoms with Crippen molar-refractivity contribution < 1.29 is 18.8 Å². The fraction of sp³-hybridized carbons (Fsp3) is 0.548. The molecule has 2 bridgehead atoms. The van der Waals surface area contributed by atoms with Gasteiger partial charge in [0, 0.05) is 18.8 Å². The minimum atomic E-state index is -0.487.